The summed E-state index contributed by atoms with van der Waals surface area (Å²) in [5.74, 6) is 0.0191. The van der Waals surface area contributed by atoms with E-state index in [1.54, 1.807) is 12.1 Å². The maximum absolute atomic E-state index is 12.6. The van der Waals surface area contributed by atoms with Crippen LogP contribution in [-0.2, 0) is 4.79 Å². The predicted octanol–water partition coefficient (Wildman–Crippen LogP) is 2.01. The van der Waals surface area contributed by atoms with Crippen molar-refractivity contribution in [1.29, 1.82) is 0 Å². The second kappa shape index (κ2) is 8.89. The summed E-state index contributed by atoms with van der Waals surface area (Å²) in [6.45, 7) is 5.98. The summed E-state index contributed by atoms with van der Waals surface area (Å²) in [7, 11) is 0. The van der Waals surface area contributed by atoms with Crippen LogP contribution >= 0.6 is 11.6 Å². The zero-order valence-electron chi connectivity index (χ0n) is 13.6. The summed E-state index contributed by atoms with van der Waals surface area (Å²) in [6.07, 6.45) is 1.79. The van der Waals surface area contributed by atoms with E-state index < -0.39 is 0 Å². The van der Waals surface area contributed by atoms with Crippen LogP contribution in [0.2, 0.25) is 5.02 Å². The minimum absolute atomic E-state index is 0.0344. The fraction of sp³-hybridized carbons (Fsp3) is 0.529. The lowest BCUT2D eigenvalue weighted by Gasteiger charge is -2.22. The standard InChI is InChI=1S/C17H24ClN3O2/c1-2-8-19-16(22)13-20-9-5-10-21(12-11-20)17(23)14-6-3-4-7-15(14)18/h3-4,6-7H,2,5,8-13H2,1H3,(H,19,22). The molecule has 6 heteroatoms. The normalized spacial score (nSPS) is 16.0. The summed E-state index contributed by atoms with van der Waals surface area (Å²) in [5, 5.41) is 3.37. The first-order chi connectivity index (χ1) is 11.1. The van der Waals surface area contributed by atoms with E-state index in [2.05, 4.69) is 10.2 Å². The molecule has 0 radical (unpaired) electrons. The van der Waals surface area contributed by atoms with Gasteiger partial charge in [-0.25, -0.2) is 0 Å². The van der Waals surface area contributed by atoms with Crippen LogP contribution in [0, 0.1) is 0 Å². The molecule has 0 bridgehead atoms. The lowest BCUT2D eigenvalue weighted by atomic mass is 10.2. The van der Waals surface area contributed by atoms with Crippen molar-refractivity contribution < 1.29 is 9.59 Å². The van der Waals surface area contributed by atoms with Crippen LogP contribution in [0.15, 0.2) is 24.3 Å². The lowest BCUT2D eigenvalue weighted by molar-refractivity contribution is -0.122. The predicted molar refractivity (Wildman–Crippen MR) is 91.7 cm³/mol. The molecule has 1 saturated heterocycles. The van der Waals surface area contributed by atoms with Crippen molar-refractivity contribution in [3.8, 4) is 0 Å². The highest BCUT2D eigenvalue weighted by atomic mass is 35.5. The Labute approximate surface area is 142 Å². The Hall–Kier alpha value is -1.59. The molecule has 0 aromatic heterocycles. The highest BCUT2D eigenvalue weighted by molar-refractivity contribution is 6.33. The lowest BCUT2D eigenvalue weighted by Crippen LogP contribution is -2.40. The molecule has 1 N–H and O–H groups in total. The minimum atomic E-state index is -0.0344. The number of carbonyl (C=O) groups is 2. The first kappa shape index (κ1) is 17.8. The van der Waals surface area contributed by atoms with E-state index in [0.29, 0.717) is 43.3 Å². The molecule has 1 aromatic rings. The molecule has 1 aromatic carbocycles. The van der Waals surface area contributed by atoms with Crippen LogP contribution in [0.3, 0.4) is 0 Å². The van der Waals surface area contributed by atoms with Gasteiger partial charge in [0.1, 0.15) is 0 Å². The zero-order valence-corrected chi connectivity index (χ0v) is 14.3. The summed E-state index contributed by atoms with van der Waals surface area (Å²) < 4.78 is 0. The fourth-order valence-corrected chi connectivity index (χ4v) is 2.88. The molecule has 1 heterocycles. The first-order valence-corrected chi connectivity index (χ1v) is 8.52. The maximum atomic E-state index is 12.6. The molecule has 23 heavy (non-hydrogen) atoms. The Kier molecular flexibility index (Phi) is 6.86. The van der Waals surface area contributed by atoms with Crippen molar-refractivity contribution >= 4 is 23.4 Å². The molecule has 1 aliphatic heterocycles. The summed E-state index contributed by atoms with van der Waals surface area (Å²) >= 11 is 6.11. The van der Waals surface area contributed by atoms with E-state index in [1.807, 2.05) is 24.0 Å². The van der Waals surface area contributed by atoms with Crippen LogP contribution in [-0.4, -0.2) is 60.9 Å². The third-order valence-electron chi connectivity index (χ3n) is 3.92. The van der Waals surface area contributed by atoms with Crippen molar-refractivity contribution in [3.63, 3.8) is 0 Å². The van der Waals surface area contributed by atoms with Gasteiger partial charge in [-0.2, -0.15) is 0 Å². The Bertz CT molecular complexity index is 550. The van der Waals surface area contributed by atoms with Crippen LogP contribution in [0.4, 0.5) is 0 Å². The van der Waals surface area contributed by atoms with E-state index in [9.17, 15) is 9.59 Å². The largest absolute Gasteiger partial charge is 0.355 e. The second-order valence-corrected chi connectivity index (χ2v) is 6.16. The van der Waals surface area contributed by atoms with Gasteiger partial charge in [-0.05, 0) is 25.0 Å². The molecule has 2 rings (SSSR count). The quantitative estimate of drug-likeness (QED) is 0.894. The molecular weight excluding hydrogens is 314 g/mol. The Morgan fingerprint density at radius 3 is 2.70 bits per heavy atom. The van der Waals surface area contributed by atoms with Gasteiger partial charge in [0.2, 0.25) is 5.91 Å². The smallest absolute Gasteiger partial charge is 0.255 e. The van der Waals surface area contributed by atoms with Crippen molar-refractivity contribution in [2.45, 2.75) is 19.8 Å². The van der Waals surface area contributed by atoms with Crippen molar-refractivity contribution in [1.82, 2.24) is 15.1 Å². The molecule has 0 atom stereocenters. The number of nitrogens with zero attached hydrogens (tertiary/aromatic N) is 2. The summed E-state index contributed by atoms with van der Waals surface area (Å²) in [4.78, 5) is 28.3. The van der Waals surface area contributed by atoms with Gasteiger partial charge in [0.25, 0.3) is 5.91 Å². The summed E-state index contributed by atoms with van der Waals surface area (Å²) in [6, 6.07) is 7.13. The van der Waals surface area contributed by atoms with E-state index in [4.69, 9.17) is 11.6 Å². The number of carbonyl (C=O) groups excluding carboxylic acids is 2. The molecule has 126 valence electrons. The van der Waals surface area contributed by atoms with Crippen molar-refractivity contribution in [3.05, 3.63) is 34.9 Å². The Morgan fingerprint density at radius 1 is 1.17 bits per heavy atom. The van der Waals surface area contributed by atoms with Gasteiger partial charge in [-0.3, -0.25) is 14.5 Å². The van der Waals surface area contributed by atoms with Crippen LogP contribution in [0.1, 0.15) is 30.1 Å². The molecular formula is C17H24ClN3O2. The third kappa shape index (κ3) is 5.22. The number of hydrogen-bond donors (Lipinski definition) is 1. The zero-order chi connectivity index (χ0) is 16.7. The average molecular weight is 338 g/mol. The first-order valence-electron chi connectivity index (χ1n) is 8.14. The number of hydrogen-bond acceptors (Lipinski definition) is 3. The third-order valence-corrected chi connectivity index (χ3v) is 4.25. The monoisotopic (exact) mass is 337 g/mol. The topological polar surface area (TPSA) is 52.7 Å². The molecule has 0 saturated carbocycles. The average Bonchev–Trinajstić information content (AvgIpc) is 2.78. The highest BCUT2D eigenvalue weighted by Crippen LogP contribution is 2.18. The van der Waals surface area contributed by atoms with E-state index in [1.165, 1.54) is 0 Å². The van der Waals surface area contributed by atoms with Crippen LogP contribution in [0.25, 0.3) is 0 Å². The van der Waals surface area contributed by atoms with Gasteiger partial charge in [-0.1, -0.05) is 30.7 Å². The van der Waals surface area contributed by atoms with E-state index >= 15 is 0 Å². The molecule has 0 aliphatic carbocycles. The Morgan fingerprint density at radius 2 is 1.96 bits per heavy atom. The number of amides is 2. The molecule has 1 fully saturated rings. The van der Waals surface area contributed by atoms with Gasteiger partial charge < -0.3 is 10.2 Å². The minimum Gasteiger partial charge on any atom is -0.355 e. The molecule has 2 amide bonds. The van der Waals surface area contributed by atoms with Gasteiger partial charge in [0.05, 0.1) is 17.1 Å². The molecule has 0 unspecified atom stereocenters. The van der Waals surface area contributed by atoms with Gasteiger partial charge in [0.15, 0.2) is 0 Å². The number of halogens is 1. The maximum Gasteiger partial charge on any atom is 0.255 e. The second-order valence-electron chi connectivity index (χ2n) is 5.75. The highest BCUT2D eigenvalue weighted by Gasteiger charge is 2.22. The number of rotatable bonds is 5. The van der Waals surface area contributed by atoms with Crippen molar-refractivity contribution in [2.75, 3.05) is 39.3 Å². The Balaban J connectivity index is 1.90. The SMILES string of the molecule is CCCNC(=O)CN1CCCN(C(=O)c2ccccc2Cl)CC1. The summed E-state index contributed by atoms with van der Waals surface area (Å²) in [5.41, 5.74) is 0.545. The van der Waals surface area contributed by atoms with E-state index in [0.717, 1.165) is 19.4 Å². The molecule has 1 aliphatic rings. The van der Waals surface area contributed by atoms with Gasteiger partial charge in [-0.15, -0.1) is 0 Å². The van der Waals surface area contributed by atoms with Crippen molar-refractivity contribution in [2.24, 2.45) is 0 Å². The van der Waals surface area contributed by atoms with Gasteiger partial charge in [0, 0.05) is 32.7 Å². The van der Waals surface area contributed by atoms with Crippen LogP contribution < -0.4 is 5.32 Å². The molecule has 0 spiro atoms. The van der Waals surface area contributed by atoms with Gasteiger partial charge >= 0.3 is 0 Å². The number of nitrogens with one attached hydrogen (secondary N) is 1. The van der Waals surface area contributed by atoms with E-state index in [-0.39, 0.29) is 11.8 Å². The fourth-order valence-electron chi connectivity index (χ4n) is 2.66. The number of benzene rings is 1. The molecule has 5 nitrogen and oxygen atoms in total. The van der Waals surface area contributed by atoms with Crippen LogP contribution in [0.5, 0.6) is 0 Å².